The van der Waals surface area contributed by atoms with E-state index in [1.165, 1.54) is 6.07 Å². The molecule has 7 heteroatoms. The summed E-state index contributed by atoms with van der Waals surface area (Å²) in [4.78, 5) is 22.4. The lowest BCUT2D eigenvalue weighted by Crippen LogP contribution is -2.28. The molecule has 0 aliphatic carbocycles. The van der Waals surface area contributed by atoms with Gasteiger partial charge < -0.3 is 10.1 Å². The summed E-state index contributed by atoms with van der Waals surface area (Å²) < 4.78 is 5.45. The third-order valence-electron chi connectivity index (χ3n) is 3.14. The number of aryl methyl sites for hydroxylation is 1. The summed E-state index contributed by atoms with van der Waals surface area (Å²) >= 11 is 5.77. The molecule has 1 N–H and O–H groups in total. The van der Waals surface area contributed by atoms with Gasteiger partial charge in [0.2, 0.25) is 0 Å². The van der Waals surface area contributed by atoms with E-state index < -0.39 is 4.92 Å². The monoisotopic (exact) mass is 334 g/mol. The molecule has 120 valence electrons. The van der Waals surface area contributed by atoms with Crippen LogP contribution in [0, 0.1) is 17.0 Å². The summed E-state index contributed by atoms with van der Waals surface area (Å²) in [5, 5.41) is 14.2. The van der Waals surface area contributed by atoms with E-state index in [-0.39, 0.29) is 30.3 Å². The maximum Gasteiger partial charge on any atom is 0.273 e. The van der Waals surface area contributed by atoms with Crippen molar-refractivity contribution in [3.8, 4) is 5.75 Å². The number of nitrogens with zero attached hydrogens (tertiary/aromatic N) is 1. The highest BCUT2D eigenvalue weighted by atomic mass is 35.5. The number of carbonyl (C=O) groups excluding carboxylic acids is 1. The molecule has 0 unspecified atom stereocenters. The van der Waals surface area contributed by atoms with Gasteiger partial charge in [0.1, 0.15) is 12.4 Å². The van der Waals surface area contributed by atoms with E-state index in [4.69, 9.17) is 16.3 Å². The van der Waals surface area contributed by atoms with Crippen LogP contribution in [0.4, 0.5) is 5.69 Å². The zero-order valence-corrected chi connectivity index (χ0v) is 13.2. The number of carbonyl (C=O) groups is 1. The van der Waals surface area contributed by atoms with E-state index in [1.807, 2.05) is 0 Å². The number of rotatable bonds is 6. The largest absolute Gasteiger partial charge is 0.492 e. The lowest BCUT2D eigenvalue weighted by molar-refractivity contribution is -0.385. The van der Waals surface area contributed by atoms with Crippen LogP contribution in [0.1, 0.15) is 15.9 Å². The van der Waals surface area contributed by atoms with Crippen molar-refractivity contribution < 1.29 is 14.5 Å². The molecular formula is C16H15ClN2O4. The first-order chi connectivity index (χ1) is 11.0. The number of hydrogen-bond acceptors (Lipinski definition) is 4. The Balaban J connectivity index is 1.86. The highest BCUT2D eigenvalue weighted by molar-refractivity contribution is 6.30. The molecule has 0 saturated heterocycles. The number of halogens is 1. The fourth-order valence-corrected chi connectivity index (χ4v) is 2.04. The Morgan fingerprint density at radius 1 is 1.26 bits per heavy atom. The van der Waals surface area contributed by atoms with Crippen molar-refractivity contribution in [3.63, 3.8) is 0 Å². The van der Waals surface area contributed by atoms with Crippen LogP contribution in [0.25, 0.3) is 0 Å². The van der Waals surface area contributed by atoms with Gasteiger partial charge in [0.15, 0.2) is 0 Å². The van der Waals surface area contributed by atoms with Crippen molar-refractivity contribution >= 4 is 23.2 Å². The summed E-state index contributed by atoms with van der Waals surface area (Å²) in [7, 11) is 0. The second-order valence-electron chi connectivity index (χ2n) is 4.82. The van der Waals surface area contributed by atoms with E-state index >= 15 is 0 Å². The predicted octanol–water partition coefficient (Wildman–Crippen LogP) is 3.37. The molecule has 0 spiro atoms. The zero-order valence-electron chi connectivity index (χ0n) is 12.4. The smallest absolute Gasteiger partial charge is 0.273 e. The van der Waals surface area contributed by atoms with Crippen molar-refractivity contribution in [1.29, 1.82) is 0 Å². The van der Waals surface area contributed by atoms with Gasteiger partial charge in [0.25, 0.3) is 11.6 Å². The Bertz CT molecular complexity index is 717. The van der Waals surface area contributed by atoms with E-state index in [9.17, 15) is 14.9 Å². The van der Waals surface area contributed by atoms with Crippen LogP contribution in [0.2, 0.25) is 5.02 Å². The average molecular weight is 335 g/mol. The summed E-state index contributed by atoms with van der Waals surface area (Å²) in [5.74, 6) is 0.266. The third kappa shape index (κ3) is 4.69. The number of hydrogen-bond donors (Lipinski definition) is 1. The van der Waals surface area contributed by atoms with Gasteiger partial charge in [-0.15, -0.1) is 0 Å². The zero-order chi connectivity index (χ0) is 16.8. The Morgan fingerprint density at radius 3 is 2.61 bits per heavy atom. The standard InChI is InChI=1S/C16H15ClN2O4/c1-11-2-3-12(10-15(11)19(21)22)16(20)18-8-9-23-14-6-4-13(17)5-7-14/h2-7,10H,8-9H2,1H3,(H,18,20). The van der Waals surface area contributed by atoms with Gasteiger partial charge >= 0.3 is 0 Å². The fraction of sp³-hybridized carbons (Fsp3) is 0.188. The number of amides is 1. The molecule has 1 amide bonds. The molecule has 0 heterocycles. The molecule has 2 rings (SSSR count). The van der Waals surface area contributed by atoms with Crippen LogP contribution >= 0.6 is 11.6 Å². The van der Waals surface area contributed by atoms with Crippen molar-refractivity contribution in [1.82, 2.24) is 5.32 Å². The molecule has 0 radical (unpaired) electrons. The first kappa shape index (κ1) is 16.8. The number of nitrogens with one attached hydrogen (secondary N) is 1. The molecule has 2 aromatic rings. The lowest BCUT2D eigenvalue weighted by atomic mass is 10.1. The van der Waals surface area contributed by atoms with E-state index in [0.29, 0.717) is 16.3 Å². The molecule has 23 heavy (non-hydrogen) atoms. The van der Waals surface area contributed by atoms with Gasteiger partial charge in [-0.25, -0.2) is 0 Å². The molecule has 2 aromatic carbocycles. The highest BCUT2D eigenvalue weighted by Gasteiger charge is 2.14. The summed E-state index contributed by atoms with van der Waals surface area (Å²) in [6, 6.07) is 11.3. The van der Waals surface area contributed by atoms with Crippen LogP contribution in [-0.4, -0.2) is 24.0 Å². The van der Waals surface area contributed by atoms with Crippen molar-refractivity contribution in [2.75, 3.05) is 13.2 Å². The van der Waals surface area contributed by atoms with Gasteiger partial charge in [-0.1, -0.05) is 17.7 Å². The molecular weight excluding hydrogens is 320 g/mol. The molecule has 6 nitrogen and oxygen atoms in total. The number of nitro groups is 1. The van der Waals surface area contributed by atoms with Crippen LogP contribution < -0.4 is 10.1 Å². The Labute approximate surface area is 138 Å². The van der Waals surface area contributed by atoms with E-state index in [1.54, 1.807) is 43.3 Å². The minimum absolute atomic E-state index is 0.0740. The van der Waals surface area contributed by atoms with Crippen LogP contribution in [0.5, 0.6) is 5.75 Å². The maximum atomic E-state index is 12.0. The van der Waals surface area contributed by atoms with Gasteiger partial charge in [-0.2, -0.15) is 0 Å². The SMILES string of the molecule is Cc1ccc(C(=O)NCCOc2ccc(Cl)cc2)cc1[N+](=O)[O-]. The Morgan fingerprint density at radius 2 is 1.96 bits per heavy atom. The molecule has 0 aliphatic heterocycles. The number of benzene rings is 2. The fourth-order valence-electron chi connectivity index (χ4n) is 1.91. The van der Waals surface area contributed by atoms with Gasteiger partial charge in [0, 0.05) is 22.2 Å². The van der Waals surface area contributed by atoms with Gasteiger partial charge in [-0.3, -0.25) is 14.9 Å². The number of ether oxygens (including phenoxy) is 1. The topological polar surface area (TPSA) is 81.5 Å². The van der Waals surface area contributed by atoms with E-state index in [0.717, 1.165) is 0 Å². The molecule has 0 atom stereocenters. The van der Waals surface area contributed by atoms with Crippen molar-refractivity contribution in [2.45, 2.75) is 6.92 Å². The first-order valence-electron chi connectivity index (χ1n) is 6.89. The molecule has 0 bridgehead atoms. The quantitative estimate of drug-likeness (QED) is 0.499. The molecule has 0 fully saturated rings. The molecule has 0 saturated carbocycles. The first-order valence-corrected chi connectivity index (χ1v) is 7.27. The number of nitro benzene ring substituents is 1. The minimum Gasteiger partial charge on any atom is -0.492 e. The highest BCUT2D eigenvalue weighted by Crippen LogP contribution is 2.19. The van der Waals surface area contributed by atoms with Crippen molar-refractivity contribution in [3.05, 3.63) is 68.7 Å². The van der Waals surface area contributed by atoms with Gasteiger partial charge in [-0.05, 0) is 37.3 Å². The maximum absolute atomic E-state index is 12.0. The van der Waals surface area contributed by atoms with E-state index in [2.05, 4.69) is 5.32 Å². The molecule has 0 aliphatic rings. The Hall–Kier alpha value is -2.60. The summed E-state index contributed by atoms with van der Waals surface area (Å²) in [5.41, 5.74) is 0.682. The summed E-state index contributed by atoms with van der Waals surface area (Å²) in [6.07, 6.45) is 0. The normalized spacial score (nSPS) is 10.2. The van der Waals surface area contributed by atoms with Gasteiger partial charge in [0.05, 0.1) is 11.5 Å². The summed E-state index contributed by atoms with van der Waals surface area (Å²) in [6.45, 7) is 2.18. The third-order valence-corrected chi connectivity index (χ3v) is 3.39. The second-order valence-corrected chi connectivity index (χ2v) is 5.25. The average Bonchev–Trinajstić information content (AvgIpc) is 2.53. The van der Waals surface area contributed by atoms with Crippen molar-refractivity contribution in [2.24, 2.45) is 0 Å². The van der Waals surface area contributed by atoms with Crippen LogP contribution in [0.15, 0.2) is 42.5 Å². The van der Waals surface area contributed by atoms with Crippen LogP contribution in [-0.2, 0) is 0 Å². The second kappa shape index (κ2) is 7.60. The van der Waals surface area contributed by atoms with Crippen LogP contribution in [0.3, 0.4) is 0 Å². The molecule has 0 aromatic heterocycles. The lowest BCUT2D eigenvalue weighted by Gasteiger charge is -2.08. The predicted molar refractivity (Wildman–Crippen MR) is 87.1 cm³/mol. The Kier molecular flexibility index (Phi) is 5.54. The minimum atomic E-state index is -0.504.